The van der Waals surface area contributed by atoms with E-state index in [9.17, 15) is 4.79 Å². The van der Waals surface area contributed by atoms with Gasteiger partial charge in [-0.2, -0.15) is 0 Å². The van der Waals surface area contributed by atoms with E-state index in [2.05, 4.69) is 34.8 Å². The molecule has 1 aromatic heterocycles. The summed E-state index contributed by atoms with van der Waals surface area (Å²) in [6.07, 6.45) is -0.597. The summed E-state index contributed by atoms with van der Waals surface area (Å²) in [5.41, 5.74) is 3.69. The van der Waals surface area contributed by atoms with Crippen molar-refractivity contribution in [2.45, 2.75) is 32.8 Å². The standard InChI is InChI=1S/C20H21N3O2S/c1-13(2)16-5-4-6-18(11-16)25-14(3)20(24)21-17-9-7-15(8-10-17)19-12-26-23-22-19/h4-14H,1-3H3,(H,21,24). The van der Waals surface area contributed by atoms with Crippen molar-refractivity contribution in [2.24, 2.45) is 0 Å². The molecule has 0 saturated heterocycles. The maximum absolute atomic E-state index is 12.4. The zero-order valence-corrected chi connectivity index (χ0v) is 15.8. The number of amides is 1. The molecule has 6 heteroatoms. The summed E-state index contributed by atoms with van der Waals surface area (Å²) in [5.74, 6) is 0.919. The van der Waals surface area contributed by atoms with Crippen molar-refractivity contribution in [1.29, 1.82) is 0 Å². The van der Waals surface area contributed by atoms with Crippen LogP contribution in [0.5, 0.6) is 5.75 Å². The van der Waals surface area contributed by atoms with Gasteiger partial charge in [0.1, 0.15) is 11.4 Å². The van der Waals surface area contributed by atoms with E-state index in [1.54, 1.807) is 6.92 Å². The first-order chi connectivity index (χ1) is 12.5. The van der Waals surface area contributed by atoms with Gasteiger partial charge in [0.2, 0.25) is 0 Å². The first-order valence-electron chi connectivity index (χ1n) is 8.48. The molecule has 1 N–H and O–H groups in total. The molecule has 26 heavy (non-hydrogen) atoms. The van der Waals surface area contributed by atoms with Crippen LogP contribution in [-0.2, 0) is 4.79 Å². The average Bonchev–Trinajstić information content (AvgIpc) is 3.17. The summed E-state index contributed by atoms with van der Waals surface area (Å²) in [6, 6.07) is 15.4. The molecule has 0 spiro atoms. The smallest absolute Gasteiger partial charge is 0.265 e. The molecule has 5 nitrogen and oxygen atoms in total. The third-order valence-electron chi connectivity index (χ3n) is 4.02. The molecular formula is C20H21N3O2S. The molecule has 0 aliphatic carbocycles. The van der Waals surface area contributed by atoms with E-state index in [-0.39, 0.29) is 5.91 Å². The van der Waals surface area contributed by atoms with Crippen molar-refractivity contribution >= 4 is 23.1 Å². The summed E-state index contributed by atoms with van der Waals surface area (Å²) in [7, 11) is 0. The van der Waals surface area contributed by atoms with E-state index >= 15 is 0 Å². The van der Waals surface area contributed by atoms with Crippen molar-refractivity contribution < 1.29 is 9.53 Å². The summed E-state index contributed by atoms with van der Waals surface area (Å²) < 4.78 is 9.65. The van der Waals surface area contributed by atoms with Gasteiger partial charge in [-0.1, -0.05) is 42.6 Å². The van der Waals surface area contributed by atoms with Crippen LogP contribution in [0.1, 0.15) is 32.3 Å². The van der Waals surface area contributed by atoms with Gasteiger partial charge in [0.25, 0.3) is 5.91 Å². The Bertz CT molecular complexity index is 861. The molecule has 0 aliphatic rings. The van der Waals surface area contributed by atoms with Crippen LogP contribution < -0.4 is 10.1 Å². The molecule has 2 aromatic carbocycles. The monoisotopic (exact) mass is 367 g/mol. The molecule has 0 aliphatic heterocycles. The number of aromatic nitrogens is 2. The predicted octanol–water partition coefficient (Wildman–Crippen LogP) is 4.73. The van der Waals surface area contributed by atoms with Crippen LogP contribution in [0.3, 0.4) is 0 Å². The van der Waals surface area contributed by atoms with Crippen molar-refractivity contribution in [2.75, 3.05) is 5.32 Å². The van der Waals surface area contributed by atoms with Crippen LogP contribution in [0, 0.1) is 0 Å². The summed E-state index contributed by atoms with van der Waals surface area (Å²) in [6.45, 7) is 5.99. The maximum Gasteiger partial charge on any atom is 0.265 e. The number of anilines is 1. The van der Waals surface area contributed by atoms with Gasteiger partial charge in [-0.15, -0.1) is 5.10 Å². The van der Waals surface area contributed by atoms with Gasteiger partial charge in [0, 0.05) is 16.6 Å². The minimum atomic E-state index is -0.597. The van der Waals surface area contributed by atoms with Crippen LogP contribution in [0.15, 0.2) is 53.9 Å². The minimum absolute atomic E-state index is 0.192. The maximum atomic E-state index is 12.4. The van der Waals surface area contributed by atoms with Gasteiger partial charge in [-0.25, -0.2) is 0 Å². The zero-order valence-electron chi connectivity index (χ0n) is 15.0. The fourth-order valence-corrected chi connectivity index (χ4v) is 2.93. The Kier molecular flexibility index (Phi) is 5.63. The lowest BCUT2D eigenvalue weighted by molar-refractivity contribution is -0.122. The lowest BCUT2D eigenvalue weighted by atomic mass is 10.0. The fourth-order valence-electron chi connectivity index (χ4n) is 2.46. The Morgan fingerprint density at radius 1 is 1.12 bits per heavy atom. The molecule has 0 radical (unpaired) electrons. The van der Waals surface area contributed by atoms with Crippen molar-refractivity contribution in [3.63, 3.8) is 0 Å². The first kappa shape index (κ1) is 18.1. The zero-order chi connectivity index (χ0) is 18.5. The molecule has 0 bridgehead atoms. The topological polar surface area (TPSA) is 64.1 Å². The number of hydrogen-bond acceptors (Lipinski definition) is 5. The average molecular weight is 367 g/mol. The normalized spacial score (nSPS) is 12.0. The number of carbonyl (C=O) groups is 1. The van der Waals surface area contributed by atoms with Crippen LogP contribution in [0.25, 0.3) is 11.3 Å². The number of carbonyl (C=O) groups excluding carboxylic acids is 1. The minimum Gasteiger partial charge on any atom is -0.481 e. The molecule has 1 amide bonds. The van der Waals surface area contributed by atoms with Gasteiger partial charge in [-0.3, -0.25) is 4.79 Å². The van der Waals surface area contributed by atoms with Crippen molar-refractivity contribution in [3.8, 4) is 17.0 Å². The van der Waals surface area contributed by atoms with E-state index < -0.39 is 6.10 Å². The SMILES string of the molecule is CC(Oc1cccc(C(C)C)c1)C(=O)Nc1ccc(-c2csnn2)cc1. The number of nitrogens with zero attached hydrogens (tertiary/aromatic N) is 2. The molecule has 3 rings (SSSR count). The number of ether oxygens (including phenoxy) is 1. The fraction of sp³-hybridized carbons (Fsp3) is 0.250. The largest absolute Gasteiger partial charge is 0.481 e. The molecule has 0 saturated carbocycles. The molecule has 0 fully saturated rings. The third kappa shape index (κ3) is 4.46. The van der Waals surface area contributed by atoms with E-state index in [1.165, 1.54) is 17.1 Å². The van der Waals surface area contributed by atoms with E-state index in [1.807, 2.05) is 47.8 Å². The number of hydrogen-bond donors (Lipinski definition) is 1. The second-order valence-corrected chi connectivity index (χ2v) is 6.95. The van der Waals surface area contributed by atoms with Crippen LogP contribution >= 0.6 is 11.5 Å². The van der Waals surface area contributed by atoms with E-state index in [4.69, 9.17) is 4.74 Å². The predicted molar refractivity (Wildman–Crippen MR) is 105 cm³/mol. The lowest BCUT2D eigenvalue weighted by Gasteiger charge is -2.16. The van der Waals surface area contributed by atoms with Gasteiger partial charge in [0.15, 0.2) is 6.10 Å². The van der Waals surface area contributed by atoms with Gasteiger partial charge in [-0.05, 0) is 54.2 Å². The van der Waals surface area contributed by atoms with Crippen molar-refractivity contribution in [3.05, 3.63) is 59.5 Å². The Morgan fingerprint density at radius 2 is 1.88 bits per heavy atom. The molecule has 3 aromatic rings. The number of benzene rings is 2. The van der Waals surface area contributed by atoms with Crippen LogP contribution in [0.2, 0.25) is 0 Å². The number of nitrogens with one attached hydrogen (secondary N) is 1. The molecular weight excluding hydrogens is 346 g/mol. The molecule has 1 atom stereocenters. The first-order valence-corrected chi connectivity index (χ1v) is 9.31. The number of rotatable bonds is 6. The highest BCUT2D eigenvalue weighted by Gasteiger charge is 2.15. The quantitative estimate of drug-likeness (QED) is 0.684. The molecule has 1 unspecified atom stereocenters. The highest BCUT2D eigenvalue weighted by Crippen LogP contribution is 2.22. The Balaban J connectivity index is 1.61. The second kappa shape index (κ2) is 8.10. The highest BCUT2D eigenvalue weighted by atomic mass is 32.1. The van der Waals surface area contributed by atoms with Crippen molar-refractivity contribution in [1.82, 2.24) is 9.59 Å². The van der Waals surface area contributed by atoms with Gasteiger partial charge in [0.05, 0.1) is 0 Å². The highest BCUT2D eigenvalue weighted by molar-refractivity contribution is 7.03. The molecule has 134 valence electrons. The Morgan fingerprint density at radius 3 is 2.54 bits per heavy atom. The van der Waals surface area contributed by atoms with Crippen LogP contribution in [0.4, 0.5) is 5.69 Å². The van der Waals surface area contributed by atoms with E-state index in [0.717, 1.165) is 11.3 Å². The van der Waals surface area contributed by atoms with Gasteiger partial charge < -0.3 is 10.1 Å². The summed E-state index contributed by atoms with van der Waals surface area (Å²) in [5, 5.41) is 8.79. The Labute approximate surface area is 157 Å². The third-order valence-corrected chi connectivity index (χ3v) is 4.52. The van der Waals surface area contributed by atoms with Crippen LogP contribution in [-0.4, -0.2) is 21.6 Å². The molecule has 1 heterocycles. The summed E-state index contributed by atoms with van der Waals surface area (Å²) >= 11 is 1.31. The Hall–Kier alpha value is -2.73. The van der Waals surface area contributed by atoms with E-state index in [0.29, 0.717) is 17.4 Å². The lowest BCUT2D eigenvalue weighted by Crippen LogP contribution is -2.30. The second-order valence-electron chi connectivity index (χ2n) is 6.34. The van der Waals surface area contributed by atoms with Gasteiger partial charge >= 0.3 is 0 Å². The summed E-state index contributed by atoms with van der Waals surface area (Å²) in [4.78, 5) is 12.4.